The van der Waals surface area contributed by atoms with Crippen molar-refractivity contribution < 1.29 is 14.3 Å². The van der Waals surface area contributed by atoms with Crippen LogP contribution in [0.2, 0.25) is 10.0 Å². The molecule has 0 spiro atoms. The van der Waals surface area contributed by atoms with E-state index < -0.39 is 18.0 Å². The maximum atomic E-state index is 12.5. The number of carbonyl (C=O) groups is 2. The Balaban J connectivity index is 1.36. The molecule has 4 N–H and O–H groups in total. The molecular formula is C26H21Cl2N5O3. The lowest BCUT2D eigenvalue weighted by molar-refractivity contribution is -0.134. The number of halogens is 2. The maximum absolute atomic E-state index is 12.5. The van der Waals surface area contributed by atoms with Gasteiger partial charge in [-0.1, -0.05) is 71.7 Å². The number of nitrogens with zero attached hydrogens (tertiary/aromatic N) is 2. The summed E-state index contributed by atoms with van der Waals surface area (Å²) < 4.78 is 5.46. The van der Waals surface area contributed by atoms with Gasteiger partial charge in [0.1, 0.15) is 0 Å². The molecule has 0 saturated carbocycles. The van der Waals surface area contributed by atoms with Crippen LogP contribution in [0.1, 0.15) is 18.0 Å². The lowest BCUT2D eigenvalue weighted by Gasteiger charge is -2.14. The molecule has 0 bridgehead atoms. The zero-order chi connectivity index (χ0) is 25.5. The summed E-state index contributed by atoms with van der Waals surface area (Å²) in [6, 6.07) is 23.2. The van der Waals surface area contributed by atoms with Gasteiger partial charge < -0.3 is 15.8 Å². The summed E-state index contributed by atoms with van der Waals surface area (Å²) in [5.74, 6) is -0.149. The lowest BCUT2D eigenvalue weighted by atomic mass is 10.1. The van der Waals surface area contributed by atoms with Crippen LogP contribution >= 0.6 is 23.2 Å². The summed E-state index contributed by atoms with van der Waals surface area (Å²) in [6.07, 6.45) is -0.109. The lowest BCUT2D eigenvalue weighted by Crippen LogP contribution is -2.22. The molecule has 0 aliphatic rings. The van der Waals surface area contributed by atoms with Crippen molar-refractivity contribution in [3.05, 3.63) is 101 Å². The number of ether oxygens (including phenoxy) is 1. The monoisotopic (exact) mass is 521 g/mol. The Morgan fingerprint density at radius 1 is 0.861 bits per heavy atom. The van der Waals surface area contributed by atoms with Crippen molar-refractivity contribution in [3.63, 3.8) is 0 Å². The fraction of sp³-hybridized carbons (Fsp3) is 0.0769. The van der Waals surface area contributed by atoms with Crippen LogP contribution in [0.15, 0.2) is 84.9 Å². The summed E-state index contributed by atoms with van der Waals surface area (Å²) in [5.41, 5.74) is 8.65. The van der Waals surface area contributed by atoms with Gasteiger partial charge in [0.25, 0.3) is 0 Å². The quantitative estimate of drug-likeness (QED) is 0.200. The first-order valence-corrected chi connectivity index (χ1v) is 11.6. The van der Waals surface area contributed by atoms with E-state index in [1.807, 2.05) is 30.3 Å². The van der Waals surface area contributed by atoms with Crippen LogP contribution in [0.5, 0.6) is 5.75 Å². The topological polar surface area (TPSA) is 119 Å². The standard InChI is InChI=1S/C26H21Cl2N5O3/c27-18-11-10-17(14-19(18)28)20(29)15-25(34)36-23-9-5-4-8-22(23)30-26(35)31-24-13-12-21(32-33-24)16-6-2-1-3-7-16/h1-14,20H,15,29H2,(H2,30,31,33,35). The first kappa shape index (κ1) is 25.1. The second kappa shape index (κ2) is 11.6. The molecule has 182 valence electrons. The molecule has 0 aliphatic carbocycles. The summed E-state index contributed by atoms with van der Waals surface area (Å²) in [6.45, 7) is 0. The van der Waals surface area contributed by atoms with Crippen LogP contribution in [-0.2, 0) is 4.79 Å². The zero-order valence-electron chi connectivity index (χ0n) is 18.8. The van der Waals surface area contributed by atoms with Crippen molar-refractivity contribution in [1.82, 2.24) is 10.2 Å². The number of carbonyl (C=O) groups excluding carboxylic acids is 2. The van der Waals surface area contributed by atoms with Crippen LogP contribution in [0.25, 0.3) is 11.3 Å². The van der Waals surface area contributed by atoms with Gasteiger partial charge in [0.05, 0.1) is 27.8 Å². The third kappa shape index (κ3) is 6.57. The van der Waals surface area contributed by atoms with Crippen LogP contribution in [-0.4, -0.2) is 22.2 Å². The molecule has 0 saturated heterocycles. The van der Waals surface area contributed by atoms with E-state index in [4.69, 9.17) is 33.7 Å². The average molecular weight is 522 g/mol. The molecule has 1 aromatic heterocycles. The second-order valence-electron chi connectivity index (χ2n) is 7.70. The molecule has 1 unspecified atom stereocenters. The Morgan fingerprint density at radius 2 is 1.61 bits per heavy atom. The third-order valence-electron chi connectivity index (χ3n) is 5.09. The zero-order valence-corrected chi connectivity index (χ0v) is 20.3. The van der Waals surface area contributed by atoms with Gasteiger partial charge >= 0.3 is 12.0 Å². The highest BCUT2D eigenvalue weighted by molar-refractivity contribution is 6.42. The van der Waals surface area contributed by atoms with Gasteiger partial charge in [-0.2, -0.15) is 0 Å². The normalized spacial score (nSPS) is 11.4. The second-order valence-corrected chi connectivity index (χ2v) is 8.52. The van der Waals surface area contributed by atoms with Crippen LogP contribution in [0, 0.1) is 0 Å². The Morgan fingerprint density at radius 3 is 2.33 bits per heavy atom. The molecule has 8 nitrogen and oxygen atoms in total. The van der Waals surface area contributed by atoms with E-state index in [-0.39, 0.29) is 18.0 Å². The number of amides is 2. The van der Waals surface area contributed by atoms with E-state index in [9.17, 15) is 9.59 Å². The van der Waals surface area contributed by atoms with Gasteiger partial charge in [-0.15, -0.1) is 10.2 Å². The van der Waals surface area contributed by atoms with Gasteiger partial charge in [-0.25, -0.2) is 4.79 Å². The summed E-state index contributed by atoms with van der Waals surface area (Å²) in [4.78, 5) is 25.0. The highest BCUT2D eigenvalue weighted by Crippen LogP contribution is 2.28. The number of esters is 1. The van der Waals surface area contributed by atoms with Crippen LogP contribution in [0.4, 0.5) is 16.3 Å². The number of benzene rings is 3. The summed E-state index contributed by atoms with van der Waals surface area (Å²) in [7, 11) is 0. The van der Waals surface area contributed by atoms with E-state index >= 15 is 0 Å². The molecule has 1 atom stereocenters. The van der Waals surface area contributed by atoms with E-state index in [1.54, 1.807) is 54.6 Å². The number of anilines is 2. The highest BCUT2D eigenvalue weighted by atomic mass is 35.5. The molecule has 1 heterocycles. The number of urea groups is 1. The van der Waals surface area contributed by atoms with E-state index in [1.165, 1.54) is 0 Å². The third-order valence-corrected chi connectivity index (χ3v) is 5.83. The van der Waals surface area contributed by atoms with Crippen LogP contribution in [0.3, 0.4) is 0 Å². The van der Waals surface area contributed by atoms with E-state index in [2.05, 4.69) is 20.8 Å². The fourth-order valence-electron chi connectivity index (χ4n) is 3.30. The molecule has 4 rings (SSSR count). The van der Waals surface area contributed by atoms with Crippen molar-refractivity contribution in [2.45, 2.75) is 12.5 Å². The van der Waals surface area contributed by atoms with Gasteiger partial charge in [0.15, 0.2) is 11.6 Å². The average Bonchev–Trinajstić information content (AvgIpc) is 2.87. The summed E-state index contributed by atoms with van der Waals surface area (Å²) in [5, 5.41) is 14.2. The first-order chi connectivity index (χ1) is 17.4. The van der Waals surface area contributed by atoms with E-state index in [0.717, 1.165) is 5.56 Å². The molecule has 3 aromatic carbocycles. The summed E-state index contributed by atoms with van der Waals surface area (Å²) >= 11 is 12.0. The van der Waals surface area contributed by atoms with Crippen molar-refractivity contribution >= 4 is 46.7 Å². The Hall–Kier alpha value is -3.98. The van der Waals surface area contributed by atoms with Crippen molar-refractivity contribution in [3.8, 4) is 17.0 Å². The smallest absolute Gasteiger partial charge is 0.325 e. The number of nitrogens with two attached hydrogens (primary N) is 1. The minimum absolute atomic E-state index is 0.109. The predicted octanol–water partition coefficient (Wildman–Crippen LogP) is 6.09. The number of aromatic nitrogens is 2. The predicted molar refractivity (Wildman–Crippen MR) is 140 cm³/mol. The Labute approximate surface area is 217 Å². The first-order valence-electron chi connectivity index (χ1n) is 10.9. The number of para-hydroxylation sites is 2. The van der Waals surface area contributed by atoms with Crippen molar-refractivity contribution in [1.29, 1.82) is 0 Å². The molecular weight excluding hydrogens is 501 g/mol. The minimum atomic E-state index is -0.645. The molecule has 2 amide bonds. The maximum Gasteiger partial charge on any atom is 0.325 e. The number of hydrogen-bond donors (Lipinski definition) is 3. The molecule has 4 aromatic rings. The Kier molecular flexibility index (Phi) is 8.12. The number of hydrogen-bond acceptors (Lipinski definition) is 6. The van der Waals surface area contributed by atoms with Gasteiger partial charge in [0, 0.05) is 11.6 Å². The van der Waals surface area contributed by atoms with E-state index in [0.29, 0.717) is 27.0 Å². The van der Waals surface area contributed by atoms with Gasteiger partial charge in [-0.3, -0.25) is 10.1 Å². The Bertz CT molecular complexity index is 1370. The molecule has 0 fully saturated rings. The molecule has 0 aliphatic heterocycles. The highest BCUT2D eigenvalue weighted by Gasteiger charge is 2.17. The van der Waals surface area contributed by atoms with Gasteiger partial charge in [-0.05, 0) is 42.0 Å². The van der Waals surface area contributed by atoms with Gasteiger partial charge in [0.2, 0.25) is 0 Å². The fourth-order valence-corrected chi connectivity index (χ4v) is 3.60. The molecule has 10 heteroatoms. The largest absolute Gasteiger partial charge is 0.424 e. The van der Waals surface area contributed by atoms with Crippen LogP contribution < -0.4 is 21.1 Å². The number of nitrogens with one attached hydrogen (secondary N) is 2. The molecule has 36 heavy (non-hydrogen) atoms. The SMILES string of the molecule is NC(CC(=O)Oc1ccccc1NC(=O)Nc1ccc(-c2ccccc2)nn1)c1ccc(Cl)c(Cl)c1. The van der Waals surface area contributed by atoms with Crippen molar-refractivity contribution in [2.75, 3.05) is 10.6 Å². The molecule has 0 radical (unpaired) electrons. The minimum Gasteiger partial charge on any atom is -0.424 e. The number of rotatable bonds is 7. The van der Waals surface area contributed by atoms with Crippen molar-refractivity contribution in [2.24, 2.45) is 5.73 Å².